The van der Waals surface area contributed by atoms with Crippen molar-refractivity contribution in [3.8, 4) is 17.2 Å². The fraction of sp³-hybridized carbons (Fsp3) is 0.0625. The average molecular weight is 348 g/mol. The van der Waals surface area contributed by atoms with Crippen molar-refractivity contribution in [2.24, 2.45) is 0 Å². The molecule has 122 valence electrons. The maximum atomic E-state index is 13.7. The molecule has 0 spiro atoms. The lowest BCUT2D eigenvalue weighted by Gasteiger charge is -2.06. The third kappa shape index (κ3) is 3.21. The predicted octanol–water partition coefficient (Wildman–Crippen LogP) is 3.79. The van der Waals surface area contributed by atoms with Gasteiger partial charge in [0.15, 0.2) is 0 Å². The first kappa shape index (κ1) is 15.9. The van der Waals surface area contributed by atoms with Crippen molar-refractivity contribution in [3.05, 3.63) is 59.2 Å². The van der Waals surface area contributed by atoms with Crippen LogP contribution in [0.1, 0.15) is 10.7 Å². The Morgan fingerprint density at radius 2 is 2.04 bits per heavy atom. The summed E-state index contributed by atoms with van der Waals surface area (Å²) in [7, 11) is 1.49. The molecular weight excluding hydrogens is 337 g/mol. The van der Waals surface area contributed by atoms with E-state index < -0.39 is 11.7 Å². The second-order valence-corrected chi connectivity index (χ2v) is 5.10. The number of ether oxygens (including phenoxy) is 1. The number of methoxy groups -OCH3 is 1. The number of nitrogens with one attached hydrogen (secondary N) is 1. The average Bonchev–Trinajstić information content (AvgIpc) is 3.05. The molecule has 0 fully saturated rings. The van der Waals surface area contributed by atoms with Crippen molar-refractivity contribution in [2.75, 3.05) is 12.4 Å². The van der Waals surface area contributed by atoms with Crippen molar-refractivity contribution in [3.63, 3.8) is 0 Å². The lowest BCUT2D eigenvalue weighted by molar-refractivity contribution is 0.0991. The van der Waals surface area contributed by atoms with Crippen LogP contribution in [-0.2, 0) is 0 Å². The van der Waals surface area contributed by atoms with Gasteiger partial charge in [-0.25, -0.2) is 4.39 Å². The Kier molecular flexibility index (Phi) is 4.43. The first-order valence-corrected chi connectivity index (χ1v) is 7.19. The standard InChI is InChI=1S/C16H11ClFN3O3/c1-23-13-7-6-9(8-11(13)17)19-14(22)16-21-20-15(24-16)10-4-2-3-5-12(10)18/h2-8H,1H3,(H,19,22). The van der Waals surface area contributed by atoms with Crippen LogP contribution in [0.3, 0.4) is 0 Å². The van der Waals surface area contributed by atoms with Crippen LogP contribution in [0, 0.1) is 5.82 Å². The van der Waals surface area contributed by atoms with Gasteiger partial charge in [0, 0.05) is 5.69 Å². The van der Waals surface area contributed by atoms with E-state index in [1.807, 2.05) is 0 Å². The minimum absolute atomic E-state index is 0.0778. The fourth-order valence-corrected chi connectivity index (χ4v) is 2.24. The van der Waals surface area contributed by atoms with E-state index >= 15 is 0 Å². The van der Waals surface area contributed by atoms with Gasteiger partial charge in [-0.2, -0.15) is 0 Å². The van der Waals surface area contributed by atoms with Gasteiger partial charge in [0.1, 0.15) is 11.6 Å². The van der Waals surface area contributed by atoms with Crippen LogP contribution in [0.15, 0.2) is 46.9 Å². The summed E-state index contributed by atoms with van der Waals surface area (Å²) < 4.78 is 24.0. The number of benzene rings is 2. The lowest BCUT2D eigenvalue weighted by atomic mass is 10.2. The molecule has 6 nitrogen and oxygen atoms in total. The highest BCUT2D eigenvalue weighted by atomic mass is 35.5. The smallest absolute Gasteiger partial charge is 0.313 e. The zero-order valence-corrected chi connectivity index (χ0v) is 13.2. The van der Waals surface area contributed by atoms with Gasteiger partial charge in [-0.3, -0.25) is 4.79 Å². The summed E-state index contributed by atoms with van der Waals surface area (Å²) in [6.45, 7) is 0. The molecule has 1 heterocycles. The molecule has 0 saturated heterocycles. The first-order chi connectivity index (χ1) is 11.6. The van der Waals surface area contributed by atoms with Gasteiger partial charge in [-0.1, -0.05) is 23.7 Å². The van der Waals surface area contributed by atoms with Gasteiger partial charge in [-0.15, -0.1) is 10.2 Å². The Morgan fingerprint density at radius 3 is 2.75 bits per heavy atom. The highest BCUT2D eigenvalue weighted by molar-refractivity contribution is 6.32. The highest BCUT2D eigenvalue weighted by Crippen LogP contribution is 2.27. The van der Waals surface area contributed by atoms with E-state index in [2.05, 4.69) is 15.5 Å². The van der Waals surface area contributed by atoms with E-state index in [0.29, 0.717) is 16.5 Å². The second-order valence-electron chi connectivity index (χ2n) is 4.70. The Labute approximate surface area is 141 Å². The molecule has 3 rings (SSSR count). The van der Waals surface area contributed by atoms with E-state index in [9.17, 15) is 9.18 Å². The molecule has 2 aromatic carbocycles. The first-order valence-electron chi connectivity index (χ1n) is 6.82. The number of aromatic nitrogens is 2. The van der Waals surface area contributed by atoms with Gasteiger partial charge >= 0.3 is 11.8 Å². The van der Waals surface area contributed by atoms with Crippen LogP contribution in [0.25, 0.3) is 11.5 Å². The van der Waals surface area contributed by atoms with Crippen molar-refractivity contribution >= 4 is 23.2 Å². The third-order valence-corrected chi connectivity index (χ3v) is 3.43. The minimum Gasteiger partial charge on any atom is -0.495 e. The molecule has 0 aliphatic heterocycles. The number of rotatable bonds is 4. The Balaban J connectivity index is 1.79. The summed E-state index contributed by atoms with van der Waals surface area (Å²) in [4.78, 5) is 12.1. The molecule has 0 aliphatic carbocycles. The van der Waals surface area contributed by atoms with Crippen LogP contribution in [-0.4, -0.2) is 23.2 Å². The normalized spacial score (nSPS) is 10.5. The van der Waals surface area contributed by atoms with Crippen LogP contribution in [0.4, 0.5) is 10.1 Å². The number of halogens is 2. The minimum atomic E-state index is -0.633. The number of amides is 1. The summed E-state index contributed by atoms with van der Waals surface area (Å²) in [6.07, 6.45) is 0. The van der Waals surface area contributed by atoms with E-state index in [1.54, 1.807) is 18.2 Å². The molecule has 8 heteroatoms. The van der Waals surface area contributed by atoms with Gasteiger partial charge in [0.2, 0.25) is 0 Å². The number of nitrogens with zero attached hydrogens (tertiary/aromatic N) is 2. The van der Waals surface area contributed by atoms with Crippen LogP contribution in [0.2, 0.25) is 5.02 Å². The van der Waals surface area contributed by atoms with Gasteiger partial charge in [0.05, 0.1) is 17.7 Å². The predicted molar refractivity (Wildman–Crippen MR) is 85.6 cm³/mol. The topological polar surface area (TPSA) is 77.2 Å². The van der Waals surface area contributed by atoms with Crippen molar-refractivity contribution in [1.29, 1.82) is 0 Å². The molecular formula is C16H11ClFN3O3. The molecule has 1 aromatic heterocycles. The maximum absolute atomic E-state index is 13.7. The number of carbonyl (C=O) groups excluding carboxylic acids is 1. The van der Waals surface area contributed by atoms with Crippen molar-refractivity contribution in [2.45, 2.75) is 0 Å². The van der Waals surface area contributed by atoms with E-state index in [4.69, 9.17) is 20.8 Å². The molecule has 0 radical (unpaired) electrons. The monoisotopic (exact) mass is 347 g/mol. The fourth-order valence-electron chi connectivity index (χ4n) is 1.99. The van der Waals surface area contributed by atoms with Crippen molar-refractivity contribution in [1.82, 2.24) is 10.2 Å². The van der Waals surface area contributed by atoms with E-state index in [1.165, 1.54) is 31.4 Å². The summed E-state index contributed by atoms with van der Waals surface area (Å²) in [6, 6.07) is 10.6. The summed E-state index contributed by atoms with van der Waals surface area (Å²) in [5.74, 6) is -1.04. The number of hydrogen-bond donors (Lipinski definition) is 1. The van der Waals surface area contributed by atoms with Crippen molar-refractivity contribution < 1.29 is 18.3 Å². The quantitative estimate of drug-likeness (QED) is 0.777. The molecule has 1 N–H and O–H groups in total. The largest absolute Gasteiger partial charge is 0.495 e. The highest BCUT2D eigenvalue weighted by Gasteiger charge is 2.18. The maximum Gasteiger partial charge on any atom is 0.313 e. The number of anilines is 1. The molecule has 0 aliphatic rings. The molecule has 0 atom stereocenters. The number of carbonyl (C=O) groups is 1. The Morgan fingerprint density at radius 1 is 1.25 bits per heavy atom. The summed E-state index contributed by atoms with van der Waals surface area (Å²) >= 11 is 5.99. The SMILES string of the molecule is COc1ccc(NC(=O)c2nnc(-c3ccccc3F)o2)cc1Cl. The molecule has 1 amide bonds. The van der Waals surface area contributed by atoms with Crippen LogP contribution in [0.5, 0.6) is 5.75 Å². The van der Waals surface area contributed by atoms with Crippen LogP contribution >= 0.6 is 11.6 Å². The lowest BCUT2D eigenvalue weighted by Crippen LogP contribution is -2.12. The second kappa shape index (κ2) is 6.67. The number of hydrogen-bond acceptors (Lipinski definition) is 5. The van der Waals surface area contributed by atoms with Gasteiger partial charge in [-0.05, 0) is 30.3 Å². The third-order valence-electron chi connectivity index (χ3n) is 3.13. The summed E-state index contributed by atoms with van der Waals surface area (Å²) in [5.41, 5.74) is 0.549. The zero-order valence-electron chi connectivity index (χ0n) is 12.4. The molecule has 0 unspecified atom stereocenters. The zero-order chi connectivity index (χ0) is 17.1. The van der Waals surface area contributed by atoms with Gasteiger partial charge < -0.3 is 14.5 Å². The summed E-state index contributed by atoms with van der Waals surface area (Å²) in [5, 5.41) is 10.2. The van der Waals surface area contributed by atoms with E-state index in [0.717, 1.165) is 0 Å². The Bertz CT molecular complexity index is 898. The van der Waals surface area contributed by atoms with Gasteiger partial charge in [0.25, 0.3) is 5.89 Å². The molecule has 0 bridgehead atoms. The molecule has 3 aromatic rings. The molecule has 0 saturated carbocycles. The Hall–Kier alpha value is -2.93. The van der Waals surface area contributed by atoms with E-state index in [-0.39, 0.29) is 17.3 Å². The van der Waals surface area contributed by atoms with Crippen LogP contribution < -0.4 is 10.1 Å². The molecule has 24 heavy (non-hydrogen) atoms.